The molecule has 220 valence electrons. The molecule has 2 atom stereocenters. The van der Waals surface area contributed by atoms with Gasteiger partial charge in [-0.15, -0.1) is 0 Å². The van der Waals surface area contributed by atoms with Crippen molar-refractivity contribution in [2.45, 2.75) is 45.3 Å². The first kappa shape index (κ1) is 31.5. The molecule has 3 aromatic carbocycles. The average molecular weight is 582 g/mol. The highest BCUT2D eigenvalue weighted by atomic mass is 32.2. The van der Waals surface area contributed by atoms with Crippen molar-refractivity contribution in [1.82, 2.24) is 10.2 Å². The van der Waals surface area contributed by atoms with Gasteiger partial charge in [-0.2, -0.15) is 0 Å². The molecule has 41 heavy (non-hydrogen) atoms. The first-order valence-electron chi connectivity index (χ1n) is 13.4. The number of nitrogens with zero attached hydrogens (tertiary/aromatic N) is 2. The Morgan fingerprint density at radius 1 is 0.902 bits per heavy atom. The van der Waals surface area contributed by atoms with Crippen molar-refractivity contribution in [3.8, 4) is 11.5 Å². The molecule has 0 saturated heterocycles. The van der Waals surface area contributed by atoms with E-state index in [-0.39, 0.29) is 36.4 Å². The quantitative estimate of drug-likeness (QED) is 0.308. The molecule has 0 spiro atoms. The summed E-state index contributed by atoms with van der Waals surface area (Å²) in [7, 11) is -1.03. The molecule has 2 amide bonds. The minimum absolute atomic E-state index is 0.106. The van der Waals surface area contributed by atoms with E-state index < -0.39 is 28.5 Å². The van der Waals surface area contributed by atoms with Gasteiger partial charge in [0, 0.05) is 25.1 Å². The summed E-state index contributed by atoms with van der Waals surface area (Å²) in [4.78, 5) is 29.3. The van der Waals surface area contributed by atoms with Gasteiger partial charge in [0.15, 0.2) is 0 Å². The van der Waals surface area contributed by atoms with Gasteiger partial charge in [0.25, 0.3) is 0 Å². The topological polar surface area (TPSA) is 105 Å². The van der Waals surface area contributed by atoms with Crippen LogP contribution in [-0.2, 0) is 32.6 Å². The van der Waals surface area contributed by atoms with Gasteiger partial charge in [-0.1, -0.05) is 67.6 Å². The van der Waals surface area contributed by atoms with Gasteiger partial charge < -0.3 is 19.7 Å². The molecular weight excluding hydrogens is 542 g/mol. The molecule has 0 radical (unpaired) electrons. The number of ether oxygens (including phenoxy) is 2. The number of nitrogens with one attached hydrogen (secondary N) is 1. The van der Waals surface area contributed by atoms with Gasteiger partial charge in [0.1, 0.15) is 24.1 Å². The molecule has 0 saturated carbocycles. The van der Waals surface area contributed by atoms with Crippen LogP contribution in [0.4, 0.5) is 5.69 Å². The third-order valence-corrected chi connectivity index (χ3v) is 7.93. The molecule has 0 fully saturated rings. The number of benzene rings is 3. The molecule has 10 heteroatoms. The van der Waals surface area contributed by atoms with E-state index in [1.54, 1.807) is 12.1 Å². The van der Waals surface area contributed by atoms with Gasteiger partial charge in [-0.25, -0.2) is 8.42 Å². The minimum Gasteiger partial charge on any atom is -0.497 e. The van der Waals surface area contributed by atoms with Gasteiger partial charge in [-0.05, 0) is 36.6 Å². The minimum atomic E-state index is -3.93. The van der Waals surface area contributed by atoms with Crippen molar-refractivity contribution < 1.29 is 27.5 Å². The SMILES string of the molecule is CC[C@H](C)NC(=O)[C@H](Cc1ccccc1)N(Cc1ccccc1)C(=O)CN(c1ccc(OC)cc1OC)S(C)(=O)=O. The van der Waals surface area contributed by atoms with Gasteiger partial charge in [0.05, 0.1) is 26.2 Å². The van der Waals surface area contributed by atoms with E-state index in [0.717, 1.165) is 28.1 Å². The summed E-state index contributed by atoms with van der Waals surface area (Å²) in [6, 6.07) is 22.5. The van der Waals surface area contributed by atoms with Crippen LogP contribution in [0.1, 0.15) is 31.4 Å². The smallest absolute Gasteiger partial charge is 0.244 e. The van der Waals surface area contributed by atoms with E-state index >= 15 is 0 Å². The number of sulfonamides is 1. The number of carbonyl (C=O) groups is 2. The molecule has 3 aromatic rings. The maximum Gasteiger partial charge on any atom is 0.244 e. The Morgan fingerprint density at radius 3 is 2.05 bits per heavy atom. The molecule has 0 aliphatic heterocycles. The van der Waals surface area contributed by atoms with E-state index in [9.17, 15) is 18.0 Å². The monoisotopic (exact) mass is 581 g/mol. The lowest BCUT2D eigenvalue weighted by atomic mass is 10.0. The maximum absolute atomic E-state index is 14.2. The third kappa shape index (κ3) is 8.72. The first-order chi connectivity index (χ1) is 19.6. The molecule has 9 nitrogen and oxygen atoms in total. The number of carbonyl (C=O) groups excluding carboxylic acids is 2. The Hall–Kier alpha value is -4.05. The summed E-state index contributed by atoms with van der Waals surface area (Å²) in [6.45, 7) is 3.46. The number of rotatable bonds is 14. The standard InChI is InChI=1S/C31H39N3O6S/c1-6-23(2)32-31(36)28(19-24-13-9-7-10-14-24)33(21-25-15-11-8-12-16-25)30(35)22-34(41(5,37)38)27-18-17-26(39-3)20-29(27)40-4/h7-18,20,23,28H,6,19,21-22H2,1-5H3,(H,32,36)/t23-,28-/m0/s1. The fourth-order valence-electron chi connectivity index (χ4n) is 4.36. The Labute approximate surface area is 243 Å². The van der Waals surface area contributed by atoms with E-state index in [1.807, 2.05) is 74.5 Å². The predicted molar refractivity (Wildman–Crippen MR) is 161 cm³/mol. The fraction of sp³-hybridized carbons (Fsp3) is 0.355. The zero-order valence-electron chi connectivity index (χ0n) is 24.2. The van der Waals surface area contributed by atoms with Crippen molar-refractivity contribution >= 4 is 27.5 Å². The van der Waals surface area contributed by atoms with Crippen molar-refractivity contribution in [1.29, 1.82) is 0 Å². The van der Waals surface area contributed by atoms with Crippen LogP contribution in [0.2, 0.25) is 0 Å². The largest absolute Gasteiger partial charge is 0.497 e. The number of anilines is 1. The Balaban J connectivity index is 2.08. The zero-order chi connectivity index (χ0) is 30.0. The summed E-state index contributed by atoms with van der Waals surface area (Å²) < 4.78 is 37.8. The van der Waals surface area contributed by atoms with Crippen LogP contribution in [0.5, 0.6) is 11.5 Å². The average Bonchev–Trinajstić information content (AvgIpc) is 2.97. The van der Waals surface area contributed by atoms with Crippen LogP contribution in [-0.4, -0.2) is 64.2 Å². The molecule has 0 bridgehead atoms. The van der Waals surface area contributed by atoms with Crippen LogP contribution in [0, 0.1) is 0 Å². The molecular formula is C31H39N3O6S. The number of methoxy groups -OCH3 is 2. The lowest BCUT2D eigenvalue weighted by Crippen LogP contribution is -2.54. The zero-order valence-corrected chi connectivity index (χ0v) is 25.1. The van der Waals surface area contributed by atoms with E-state index in [1.165, 1.54) is 25.2 Å². The van der Waals surface area contributed by atoms with Crippen LogP contribution in [0.3, 0.4) is 0 Å². The summed E-state index contributed by atoms with van der Waals surface area (Å²) in [6.07, 6.45) is 2.00. The van der Waals surface area contributed by atoms with E-state index in [4.69, 9.17) is 9.47 Å². The first-order valence-corrected chi connectivity index (χ1v) is 15.3. The highest BCUT2D eigenvalue weighted by Crippen LogP contribution is 2.33. The molecule has 3 rings (SSSR count). The molecule has 0 unspecified atom stereocenters. The second kappa shape index (κ2) is 14.5. The second-order valence-corrected chi connectivity index (χ2v) is 11.7. The van der Waals surface area contributed by atoms with Crippen molar-refractivity contribution in [3.63, 3.8) is 0 Å². The van der Waals surface area contributed by atoms with E-state index in [2.05, 4.69) is 5.32 Å². The number of amides is 2. The molecule has 0 aliphatic carbocycles. The normalized spacial score (nSPS) is 12.6. The van der Waals surface area contributed by atoms with Gasteiger partial charge in [-0.3, -0.25) is 13.9 Å². The summed E-state index contributed by atoms with van der Waals surface area (Å²) >= 11 is 0. The van der Waals surface area contributed by atoms with Gasteiger partial charge >= 0.3 is 0 Å². The molecule has 0 aromatic heterocycles. The van der Waals surface area contributed by atoms with Gasteiger partial charge in [0.2, 0.25) is 21.8 Å². The second-order valence-electron chi connectivity index (χ2n) is 9.84. The van der Waals surface area contributed by atoms with Crippen molar-refractivity contribution in [2.75, 3.05) is 31.3 Å². The Kier molecular flexibility index (Phi) is 11.2. The highest BCUT2D eigenvalue weighted by molar-refractivity contribution is 7.92. The van der Waals surface area contributed by atoms with Crippen LogP contribution in [0.25, 0.3) is 0 Å². The maximum atomic E-state index is 14.2. The predicted octanol–water partition coefficient (Wildman–Crippen LogP) is 4.02. The molecule has 0 aliphatic rings. The lowest BCUT2D eigenvalue weighted by molar-refractivity contribution is -0.140. The Morgan fingerprint density at radius 2 is 1.51 bits per heavy atom. The lowest BCUT2D eigenvalue weighted by Gasteiger charge is -2.34. The summed E-state index contributed by atoms with van der Waals surface area (Å²) in [5, 5.41) is 3.02. The van der Waals surface area contributed by atoms with Crippen LogP contribution in [0.15, 0.2) is 78.9 Å². The fourth-order valence-corrected chi connectivity index (χ4v) is 5.21. The third-order valence-electron chi connectivity index (χ3n) is 6.80. The van der Waals surface area contributed by atoms with Crippen molar-refractivity contribution in [3.05, 3.63) is 90.0 Å². The summed E-state index contributed by atoms with van der Waals surface area (Å²) in [5.41, 5.74) is 1.87. The van der Waals surface area contributed by atoms with E-state index in [0.29, 0.717) is 5.75 Å². The number of hydrogen-bond donors (Lipinski definition) is 1. The summed E-state index contributed by atoms with van der Waals surface area (Å²) in [5.74, 6) is -0.133. The highest BCUT2D eigenvalue weighted by Gasteiger charge is 2.34. The number of hydrogen-bond acceptors (Lipinski definition) is 6. The van der Waals surface area contributed by atoms with Crippen LogP contribution >= 0.6 is 0 Å². The molecule has 0 heterocycles. The van der Waals surface area contributed by atoms with Crippen LogP contribution < -0.4 is 19.1 Å². The van der Waals surface area contributed by atoms with Crippen molar-refractivity contribution in [2.24, 2.45) is 0 Å². The Bertz CT molecular complexity index is 1400. The molecule has 1 N–H and O–H groups in total.